The van der Waals surface area contributed by atoms with Gasteiger partial charge in [0.2, 0.25) is 17.7 Å². The SMILES string of the molecule is CC(=O)N1CCN(C(=O)CCNC(=O)[C@@]23CCCC[C@H]2CNC3)CC1. The van der Waals surface area contributed by atoms with Crippen LogP contribution in [0.1, 0.15) is 39.0 Å². The summed E-state index contributed by atoms with van der Waals surface area (Å²) in [7, 11) is 0. The van der Waals surface area contributed by atoms with Gasteiger partial charge in [-0.15, -0.1) is 0 Å². The second-order valence-electron chi connectivity index (χ2n) is 7.62. The zero-order valence-electron chi connectivity index (χ0n) is 15.2. The molecule has 0 aromatic carbocycles. The van der Waals surface area contributed by atoms with Crippen molar-refractivity contribution >= 4 is 17.7 Å². The number of hydrogen-bond donors (Lipinski definition) is 2. The van der Waals surface area contributed by atoms with Crippen LogP contribution < -0.4 is 10.6 Å². The maximum atomic E-state index is 12.8. The van der Waals surface area contributed by atoms with Crippen molar-refractivity contribution in [2.24, 2.45) is 11.3 Å². The fraction of sp³-hybridized carbons (Fsp3) is 0.833. The molecule has 2 aliphatic heterocycles. The van der Waals surface area contributed by atoms with Crippen molar-refractivity contribution in [3.63, 3.8) is 0 Å². The summed E-state index contributed by atoms with van der Waals surface area (Å²) in [6, 6.07) is 0. The topological polar surface area (TPSA) is 81.8 Å². The van der Waals surface area contributed by atoms with Gasteiger partial charge < -0.3 is 20.4 Å². The van der Waals surface area contributed by atoms with Crippen LogP contribution in [0.15, 0.2) is 0 Å². The zero-order chi connectivity index (χ0) is 17.9. The van der Waals surface area contributed by atoms with E-state index in [1.165, 1.54) is 6.42 Å². The van der Waals surface area contributed by atoms with Crippen molar-refractivity contribution in [1.82, 2.24) is 20.4 Å². The summed E-state index contributed by atoms with van der Waals surface area (Å²) in [5.74, 6) is 0.685. The fourth-order valence-corrected chi connectivity index (χ4v) is 4.58. The lowest BCUT2D eigenvalue weighted by Gasteiger charge is -2.37. The predicted octanol–water partition coefficient (Wildman–Crippen LogP) is -0.0368. The summed E-state index contributed by atoms with van der Waals surface area (Å²) in [5, 5.41) is 6.40. The molecule has 140 valence electrons. The third kappa shape index (κ3) is 3.81. The Morgan fingerprint density at radius 3 is 2.56 bits per heavy atom. The van der Waals surface area contributed by atoms with Crippen LogP contribution in [0.4, 0.5) is 0 Å². The van der Waals surface area contributed by atoms with Crippen molar-refractivity contribution in [2.75, 3.05) is 45.8 Å². The molecule has 3 aliphatic rings. The van der Waals surface area contributed by atoms with Gasteiger partial charge in [0.15, 0.2) is 0 Å². The minimum absolute atomic E-state index is 0.0609. The van der Waals surface area contributed by atoms with E-state index >= 15 is 0 Å². The standard InChI is InChI=1S/C18H30N4O3/c1-14(23)21-8-10-22(11-9-21)16(24)5-7-20-17(25)18-6-3-2-4-15(18)12-19-13-18/h15,19H,2-13H2,1H3,(H,20,25)/t15-,18+/m0/s1. The summed E-state index contributed by atoms with van der Waals surface area (Å²) in [6.07, 6.45) is 4.74. The number of hydrogen-bond acceptors (Lipinski definition) is 4. The molecule has 0 spiro atoms. The van der Waals surface area contributed by atoms with Crippen LogP contribution >= 0.6 is 0 Å². The highest BCUT2D eigenvalue weighted by Gasteiger charge is 2.49. The van der Waals surface area contributed by atoms with Crippen LogP contribution in [0, 0.1) is 11.3 Å². The lowest BCUT2D eigenvalue weighted by Crippen LogP contribution is -2.51. The molecule has 0 aromatic rings. The molecular weight excluding hydrogens is 320 g/mol. The summed E-state index contributed by atoms with van der Waals surface area (Å²) in [5.41, 5.74) is -0.256. The van der Waals surface area contributed by atoms with Crippen molar-refractivity contribution < 1.29 is 14.4 Å². The molecule has 1 aliphatic carbocycles. The van der Waals surface area contributed by atoms with Gasteiger partial charge in [0, 0.05) is 52.6 Å². The molecule has 1 saturated carbocycles. The van der Waals surface area contributed by atoms with Gasteiger partial charge in [-0.05, 0) is 25.3 Å². The maximum absolute atomic E-state index is 12.8. The van der Waals surface area contributed by atoms with Crippen molar-refractivity contribution in [3.8, 4) is 0 Å². The second-order valence-corrected chi connectivity index (χ2v) is 7.62. The molecular formula is C18H30N4O3. The maximum Gasteiger partial charge on any atom is 0.227 e. The van der Waals surface area contributed by atoms with E-state index in [1.54, 1.807) is 16.7 Å². The number of fused-ring (bicyclic) bond motifs is 1. The smallest absolute Gasteiger partial charge is 0.227 e. The first-order chi connectivity index (χ1) is 12.0. The van der Waals surface area contributed by atoms with Crippen LogP contribution in [0.3, 0.4) is 0 Å². The molecule has 2 N–H and O–H groups in total. The third-order valence-electron chi connectivity index (χ3n) is 6.19. The summed E-state index contributed by atoms with van der Waals surface area (Å²) >= 11 is 0. The van der Waals surface area contributed by atoms with E-state index in [9.17, 15) is 14.4 Å². The molecule has 0 aromatic heterocycles. The van der Waals surface area contributed by atoms with Crippen molar-refractivity contribution in [1.29, 1.82) is 0 Å². The Bertz CT molecular complexity index is 530. The zero-order valence-corrected chi connectivity index (χ0v) is 15.2. The van der Waals surface area contributed by atoms with Crippen LogP contribution in [0.2, 0.25) is 0 Å². The lowest BCUT2D eigenvalue weighted by molar-refractivity contribution is -0.139. The van der Waals surface area contributed by atoms with E-state index in [2.05, 4.69) is 10.6 Å². The van der Waals surface area contributed by atoms with Gasteiger partial charge in [0.1, 0.15) is 0 Å². The van der Waals surface area contributed by atoms with E-state index in [0.29, 0.717) is 45.1 Å². The molecule has 2 atom stereocenters. The molecule has 3 rings (SSSR count). The van der Waals surface area contributed by atoms with Gasteiger partial charge >= 0.3 is 0 Å². The average Bonchev–Trinajstić information content (AvgIpc) is 3.07. The Balaban J connectivity index is 1.43. The number of rotatable bonds is 4. The highest BCUT2D eigenvalue weighted by Crippen LogP contribution is 2.43. The van der Waals surface area contributed by atoms with Crippen LogP contribution in [-0.4, -0.2) is 73.3 Å². The molecule has 0 radical (unpaired) electrons. The number of nitrogens with one attached hydrogen (secondary N) is 2. The van der Waals surface area contributed by atoms with Crippen LogP contribution in [-0.2, 0) is 14.4 Å². The Morgan fingerprint density at radius 1 is 1.12 bits per heavy atom. The summed E-state index contributed by atoms with van der Waals surface area (Å²) < 4.78 is 0. The number of amides is 3. The van der Waals surface area contributed by atoms with E-state index in [-0.39, 0.29) is 23.1 Å². The molecule has 0 bridgehead atoms. The largest absolute Gasteiger partial charge is 0.355 e. The van der Waals surface area contributed by atoms with Gasteiger partial charge in [-0.2, -0.15) is 0 Å². The molecule has 3 fully saturated rings. The Morgan fingerprint density at radius 2 is 1.84 bits per heavy atom. The van der Waals surface area contributed by atoms with E-state index in [1.807, 2.05) is 0 Å². The Kier molecular flexibility index (Phi) is 5.61. The third-order valence-corrected chi connectivity index (χ3v) is 6.19. The van der Waals surface area contributed by atoms with Crippen molar-refractivity contribution in [2.45, 2.75) is 39.0 Å². The molecule has 25 heavy (non-hydrogen) atoms. The first kappa shape index (κ1) is 18.2. The van der Waals surface area contributed by atoms with Crippen molar-refractivity contribution in [3.05, 3.63) is 0 Å². The average molecular weight is 350 g/mol. The van der Waals surface area contributed by atoms with E-state index in [0.717, 1.165) is 32.4 Å². The Hall–Kier alpha value is -1.63. The van der Waals surface area contributed by atoms with Gasteiger partial charge in [0.05, 0.1) is 5.41 Å². The normalized spacial score (nSPS) is 29.2. The van der Waals surface area contributed by atoms with Gasteiger partial charge in [0.25, 0.3) is 0 Å². The minimum Gasteiger partial charge on any atom is -0.355 e. The van der Waals surface area contributed by atoms with Gasteiger partial charge in [-0.1, -0.05) is 12.8 Å². The summed E-state index contributed by atoms with van der Waals surface area (Å²) in [6.45, 7) is 6.04. The quantitative estimate of drug-likeness (QED) is 0.746. The van der Waals surface area contributed by atoms with Crippen LogP contribution in [0.25, 0.3) is 0 Å². The number of piperazine rings is 1. The van der Waals surface area contributed by atoms with E-state index in [4.69, 9.17) is 0 Å². The Labute approximate surface area is 149 Å². The number of carbonyl (C=O) groups excluding carboxylic acids is 3. The molecule has 7 heteroatoms. The summed E-state index contributed by atoms with van der Waals surface area (Å²) in [4.78, 5) is 40.0. The minimum atomic E-state index is -0.256. The van der Waals surface area contributed by atoms with Crippen LogP contribution in [0.5, 0.6) is 0 Å². The number of nitrogens with zero attached hydrogens (tertiary/aromatic N) is 2. The van der Waals surface area contributed by atoms with Gasteiger partial charge in [-0.3, -0.25) is 14.4 Å². The molecule has 0 unspecified atom stereocenters. The predicted molar refractivity (Wildman–Crippen MR) is 93.7 cm³/mol. The molecule has 2 heterocycles. The second kappa shape index (κ2) is 7.72. The highest BCUT2D eigenvalue weighted by atomic mass is 16.2. The first-order valence-electron chi connectivity index (χ1n) is 9.55. The van der Waals surface area contributed by atoms with Gasteiger partial charge in [-0.25, -0.2) is 0 Å². The first-order valence-corrected chi connectivity index (χ1v) is 9.55. The molecule has 7 nitrogen and oxygen atoms in total. The monoisotopic (exact) mass is 350 g/mol. The molecule has 2 saturated heterocycles. The fourth-order valence-electron chi connectivity index (χ4n) is 4.58. The molecule has 3 amide bonds. The van der Waals surface area contributed by atoms with E-state index < -0.39 is 0 Å². The lowest BCUT2D eigenvalue weighted by atomic mass is 9.67. The number of carbonyl (C=O) groups is 3. The highest BCUT2D eigenvalue weighted by molar-refractivity contribution is 5.84.